The molecule has 0 aliphatic carbocycles. The van der Waals surface area contributed by atoms with Gasteiger partial charge in [-0.15, -0.1) is 24.0 Å². The van der Waals surface area contributed by atoms with Crippen LogP contribution in [0.25, 0.3) is 0 Å². The largest absolute Gasteiger partial charge is 0.489 e. The summed E-state index contributed by atoms with van der Waals surface area (Å²) in [4.78, 5) is 18.4. The molecule has 0 saturated carbocycles. The minimum atomic E-state index is -0.322. The fourth-order valence-electron chi connectivity index (χ4n) is 3.00. The van der Waals surface area contributed by atoms with Crippen LogP contribution in [0, 0.1) is 11.7 Å². The van der Waals surface area contributed by atoms with Crippen LogP contribution in [-0.4, -0.2) is 56.2 Å². The molecule has 1 saturated heterocycles. The fraction of sp³-hybridized carbons (Fsp3) is 0.579. The van der Waals surface area contributed by atoms with Gasteiger partial charge >= 0.3 is 5.97 Å². The Labute approximate surface area is 177 Å². The number of benzene rings is 1. The van der Waals surface area contributed by atoms with E-state index < -0.39 is 0 Å². The number of hydrogen-bond acceptors (Lipinski definition) is 4. The first kappa shape index (κ1) is 23.5. The summed E-state index contributed by atoms with van der Waals surface area (Å²) >= 11 is 0. The zero-order chi connectivity index (χ0) is 18.9. The summed E-state index contributed by atoms with van der Waals surface area (Å²) in [7, 11) is 1.72. The molecule has 1 aromatic carbocycles. The van der Waals surface area contributed by atoms with E-state index in [0.717, 1.165) is 25.3 Å². The van der Waals surface area contributed by atoms with Gasteiger partial charge in [0.05, 0.1) is 19.1 Å². The van der Waals surface area contributed by atoms with E-state index in [1.165, 1.54) is 12.1 Å². The van der Waals surface area contributed by atoms with Crippen molar-refractivity contribution in [1.29, 1.82) is 0 Å². The standard InChI is InChI=1S/C19H28FN3O3.HI/c1-4-25-18(24)15-7-6-10-23(13-15)19(21-3)22-12-14(2)26-17-9-5-8-16(20)11-17;/h5,8-9,11,14-15H,4,6-7,10,12-13H2,1-3H3,(H,21,22);1H. The molecule has 0 amide bonds. The number of likely N-dealkylation sites (tertiary alicyclic amines) is 1. The fourth-order valence-corrected chi connectivity index (χ4v) is 3.00. The van der Waals surface area contributed by atoms with Crippen LogP contribution in [0.1, 0.15) is 26.7 Å². The molecule has 152 valence electrons. The van der Waals surface area contributed by atoms with Gasteiger partial charge in [0.1, 0.15) is 17.7 Å². The highest BCUT2D eigenvalue weighted by molar-refractivity contribution is 14.0. The number of esters is 1. The van der Waals surface area contributed by atoms with Gasteiger partial charge in [-0.25, -0.2) is 4.39 Å². The number of ether oxygens (including phenoxy) is 2. The van der Waals surface area contributed by atoms with Gasteiger partial charge in [0.25, 0.3) is 0 Å². The van der Waals surface area contributed by atoms with Crippen molar-refractivity contribution in [3.8, 4) is 5.75 Å². The molecule has 0 bridgehead atoms. The summed E-state index contributed by atoms with van der Waals surface area (Å²) in [5, 5.41) is 3.27. The van der Waals surface area contributed by atoms with Gasteiger partial charge in [0, 0.05) is 26.2 Å². The quantitative estimate of drug-likeness (QED) is 0.286. The van der Waals surface area contributed by atoms with Gasteiger partial charge in [-0.05, 0) is 38.8 Å². The number of rotatable bonds is 6. The summed E-state index contributed by atoms with van der Waals surface area (Å²) in [5.41, 5.74) is 0. The van der Waals surface area contributed by atoms with Crippen LogP contribution in [0.5, 0.6) is 5.75 Å². The van der Waals surface area contributed by atoms with Gasteiger partial charge in [0.2, 0.25) is 0 Å². The lowest BCUT2D eigenvalue weighted by molar-refractivity contribution is -0.149. The Hall–Kier alpha value is -1.58. The number of halogens is 2. The third-order valence-corrected chi connectivity index (χ3v) is 4.23. The average Bonchev–Trinajstić information content (AvgIpc) is 2.63. The van der Waals surface area contributed by atoms with Gasteiger partial charge in [-0.2, -0.15) is 0 Å². The van der Waals surface area contributed by atoms with E-state index >= 15 is 0 Å². The molecule has 1 aliphatic rings. The molecular formula is C19H29FIN3O3. The molecule has 0 spiro atoms. The van der Waals surface area contributed by atoms with E-state index in [2.05, 4.69) is 15.2 Å². The Morgan fingerprint density at radius 3 is 2.93 bits per heavy atom. The summed E-state index contributed by atoms with van der Waals surface area (Å²) < 4.78 is 24.1. The molecule has 1 heterocycles. The molecule has 2 rings (SSSR count). The predicted molar refractivity (Wildman–Crippen MR) is 114 cm³/mol. The van der Waals surface area contributed by atoms with E-state index in [0.29, 0.717) is 25.4 Å². The van der Waals surface area contributed by atoms with Crippen molar-refractivity contribution < 1.29 is 18.7 Å². The summed E-state index contributed by atoms with van der Waals surface area (Å²) in [6, 6.07) is 6.09. The molecule has 1 aromatic rings. The van der Waals surface area contributed by atoms with Crippen LogP contribution in [0.15, 0.2) is 29.3 Å². The Morgan fingerprint density at radius 1 is 1.48 bits per heavy atom. The number of hydrogen-bond donors (Lipinski definition) is 1. The van der Waals surface area contributed by atoms with Crippen molar-refractivity contribution in [3.05, 3.63) is 30.1 Å². The molecule has 1 fully saturated rings. The number of piperidine rings is 1. The van der Waals surface area contributed by atoms with Crippen LogP contribution >= 0.6 is 24.0 Å². The maximum atomic E-state index is 13.2. The highest BCUT2D eigenvalue weighted by Gasteiger charge is 2.28. The number of nitrogens with zero attached hydrogens (tertiary/aromatic N) is 2. The Balaban J connectivity index is 0.00000364. The highest BCUT2D eigenvalue weighted by Crippen LogP contribution is 2.18. The maximum Gasteiger partial charge on any atom is 0.310 e. The summed E-state index contributed by atoms with van der Waals surface area (Å²) in [5.74, 6) is 0.638. The minimum Gasteiger partial charge on any atom is -0.489 e. The van der Waals surface area contributed by atoms with Crippen molar-refractivity contribution in [1.82, 2.24) is 10.2 Å². The third-order valence-electron chi connectivity index (χ3n) is 4.23. The second-order valence-electron chi connectivity index (χ2n) is 6.35. The number of nitrogens with one attached hydrogen (secondary N) is 1. The van der Waals surface area contributed by atoms with Crippen LogP contribution in [0.2, 0.25) is 0 Å². The molecule has 2 atom stereocenters. The lowest BCUT2D eigenvalue weighted by Crippen LogP contribution is -2.49. The average molecular weight is 493 g/mol. The topological polar surface area (TPSA) is 63.2 Å². The lowest BCUT2D eigenvalue weighted by Gasteiger charge is -2.34. The highest BCUT2D eigenvalue weighted by atomic mass is 127. The Morgan fingerprint density at radius 2 is 2.26 bits per heavy atom. The minimum absolute atomic E-state index is 0. The van der Waals surface area contributed by atoms with Crippen LogP contribution < -0.4 is 10.1 Å². The van der Waals surface area contributed by atoms with E-state index in [-0.39, 0.29) is 47.8 Å². The molecule has 0 radical (unpaired) electrons. The van der Waals surface area contributed by atoms with E-state index in [1.54, 1.807) is 19.2 Å². The zero-order valence-corrected chi connectivity index (χ0v) is 18.4. The summed E-state index contributed by atoms with van der Waals surface area (Å²) in [6.45, 7) is 6.08. The van der Waals surface area contributed by atoms with Gasteiger partial charge in [0.15, 0.2) is 5.96 Å². The third kappa shape index (κ3) is 7.51. The van der Waals surface area contributed by atoms with E-state index in [4.69, 9.17) is 9.47 Å². The van der Waals surface area contributed by atoms with Crippen molar-refractivity contribution in [2.75, 3.05) is 33.3 Å². The van der Waals surface area contributed by atoms with Crippen molar-refractivity contribution in [3.63, 3.8) is 0 Å². The normalized spacial score (nSPS) is 18.3. The van der Waals surface area contributed by atoms with Crippen LogP contribution in [-0.2, 0) is 9.53 Å². The van der Waals surface area contributed by atoms with Crippen molar-refractivity contribution in [2.24, 2.45) is 10.9 Å². The van der Waals surface area contributed by atoms with Crippen LogP contribution in [0.3, 0.4) is 0 Å². The Bertz CT molecular complexity index is 630. The van der Waals surface area contributed by atoms with Gasteiger partial charge < -0.3 is 19.7 Å². The SMILES string of the molecule is CCOC(=O)C1CCCN(C(=NC)NCC(C)Oc2cccc(F)c2)C1.I. The Kier molecular flexibility index (Phi) is 10.4. The first-order valence-electron chi connectivity index (χ1n) is 9.08. The molecule has 2 unspecified atom stereocenters. The van der Waals surface area contributed by atoms with Crippen molar-refractivity contribution >= 4 is 35.9 Å². The van der Waals surface area contributed by atoms with E-state index in [9.17, 15) is 9.18 Å². The first-order valence-corrected chi connectivity index (χ1v) is 9.08. The van der Waals surface area contributed by atoms with Gasteiger partial charge in [-0.1, -0.05) is 6.07 Å². The zero-order valence-electron chi connectivity index (χ0n) is 16.1. The predicted octanol–water partition coefficient (Wildman–Crippen LogP) is 3.06. The van der Waals surface area contributed by atoms with E-state index in [1.807, 2.05) is 13.8 Å². The monoisotopic (exact) mass is 493 g/mol. The first-order chi connectivity index (χ1) is 12.5. The molecular weight excluding hydrogens is 464 g/mol. The smallest absolute Gasteiger partial charge is 0.310 e. The molecule has 8 heteroatoms. The second-order valence-corrected chi connectivity index (χ2v) is 6.35. The van der Waals surface area contributed by atoms with Crippen LogP contribution in [0.4, 0.5) is 4.39 Å². The molecule has 6 nitrogen and oxygen atoms in total. The molecule has 0 aromatic heterocycles. The molecule has 1 N–H and O–H groups in total. The maximum absolute atomic E-state index is 13.2. The second kappa shape index (κ2) is 12.0. The number of guanidine groups is 1. The number of carbonyl (C=O) groups is 1. The lowest BCUT2D eigenvalue weighted by atomic mass is 9.98. The van der Waals surface area contributed by atoms with Gasteiger partial charge in [-0.3, -0.25) is 9.79 Å². The number of aliphatic imine (C=N–C) groups is 1. The molecule has 27 heavy (non-hydrogen) atoms. The number of carbonyl (C=O) groups excluding carboxylic acids is 1. The van der Waals surface area contributed by atoms with Crippen molar-refractivity contribution in [2.45, 2.75) is 32.8 Å². The molecule has 1 aliphatic heterocycles. The summed E-state index contributed by atoms with van der Waals surface area (Å²) in [6.07, 6.45) is 1.59.